The van der Waals surface area contributed by atoms with Crippen LogP contribution >= 0.6 is 11.6 Å². The van der Waals surface area contributed by atoms with Crippen LogP contribution in [0.15, 0.2) is 18.2 Å². The van der Waals surface area contributed by atoms with Crippen molar-refractivity contribution >= 4 is 23.3 Å². The number of hydrogen-bond donors (Lipinski definition) is 2. The molecule has 0 heterocycles. The zero-order chi connectivity index (χ0) is 14.5. The van der Waals surface area contributed by atoms with E-state index in [4.69, 9.17) is 16.9 Å². The number of anilines is 1. The summed E-state index contributed by atoms with van der Waals surface area (Å²) >= 11 is 5.96. The van der Waals surface area contributed by atoms with Gasteiger partial charge < -0.3 is 10.4 Å². The first-order valence-corrected chi connectivity index (χ1v) is 7.18. The van der Waals surface area contributed by atoms with Crippen LogP contribution in [0.3, 0.4) is 0 Å². The molecule has 5 heteroatoms. The SMILES string of the molecule is N#Cc1ccc(Cl)cc1NC1CCCCCC1C(=O)O. The quantitative estimate of drug-likeness (QED) is 0.834. The molecular formula is C15H17ClN2O2. The summed E-state index contributed by atoms with van der Waals surface area (Å²) in [5.41, 5.74) is 1.11. The van der Waals surface area contributed by atoms with Crippen LogP contribution in [0, 0.1) is 17.2 Å². The van der Waals surface area contributed by atoms with E-state index in [2.05, 4.69) is 11.4 Å². The summed E-state index contributed by atoms with van der Waals surface area (Å²) in [5, 5.41) is 22.2. The smallest absolute Gasteiger partial charge is 0.308 e. The van der Waals surface area contributed by atoms with Gasteiger partial charge in [-0.25, -0.2) is 0 Å². The number of aliphatic carboxylic acids is 1. The number of rotatable bonds is 3. The Hall–Kier alpha value is -1.73. The lowest BCUT2D eigenvalue weighted by Gasteiger charge is -2.24. The number of nitrogens with one attached hydrogen (secondary N) is 1. The van der Waals surface area contributed by atoms with Gasteiger partial charge in [-0.05, 0) is 31.0 Å². The fraction of sp³-hybridized carbons (Fsp3) is 0.467. The molecule has 1 fully saturated rings. The van der Waals surface area contributed by atoms with Crippen LogP contribution in [0.2, 0.25) is 5.02 Å². The van der Waals surface area contributed by atoms with Gasteiger partial charge in [-0.15, -0.1) is 0 Å². The summed E-state index contributed by atoms with van der Waals surface area (Å²) in [6, 6.07) is 6.95. The highest BCUT2D eigenvalue weighted by Crippen LogP contribution is 2.29. The van der Waals surface area contributed by atoms with E-state index in [-0.39, 0.29) is 6.04 Å². The molecule has 106 valence electrons. The molecule has 0 spiro atoms. The Bertz CT molecular complexity index is 539. The Morgan fingerprint density at radius 1 is 1.35 bits per heavy atom. The van der Waals surface area contributed by atoms with Crippen molar-refractivity contribution in [3.8, 4) is 6.07 Å². The third-order valence-corrected chi connectivity index (χ3v) is 4.01. The highest BCUT2D eigenvalue weighted by molar-refractivity contribution is 6.30. The highest BCUT2D eigenvalue weighted by Gasteiger charge is 2.29. The Morgan fingerprint density at radius 2 is 2.10 bits per heavy atom. The maximum Gasteiger partial charge on any atom is 0.308 e. The standard InChI is InChI=1S/C15H17ClN2O2/c16-11-7-6-10(9-17)14(8-11)18-13-5-3-1-2-4-12(13)15(19)20/h6-8,12-13,18H,1-5H2,(H,19,20). The van der Waals surface area contributed by atoms with Crippen LogP contribution in [-0.4, -0.2) is 17.1 Å². The molecule has 0 amide bonds. The second kappa shape index (κ2) is 6.62. The molecule has 0 aliphatic heterocycles. The molecule has 1 aliphatic rings. The van der Waals surface area contributed by atoms with Crippen LogP contribution in [-0.2, 0) is 4.79 Å². The molecule has 2 unspecified atom stereocenters. The zero-order valence-electron chi connectivity index (χ0n) is 11.1. The Morgan fingerprint density at radius 3 is 2.80 bits per heavy atom. The van der Waals surface area contributed by atoms with Gasteiger partial charge in [0.25, 0.3) is 0 Å². The maximum atomic E-state index is 11.4. The van der Waals surface area contributed by atoms with Crippen molar-refractivity contribution in [1.82, 2.24) is 0 Å². The minimum atomic E-state index is -0.773. The fourth-order valence-electron chi connectivity index (χ4n) is 2.71. The summed E-state index contributed by atoms with van der Waals surface area (Å²) in [5.74, 6) is -1.19. The minimum absolute atomic E-state index is 0.152. The van der Waals surface area contributed by atoms with Gasteiger partial charge in [-0.3, -0.25) is 4.79 Å². The molecule has 2 N–H and O–H groups in total. The molecule has 0 bridgehead atoms. The first-order valence-electron chi connectivity index (χ1n) is 6.81. The van der Waals surface area contributed by atoms with Crippen molar-refractivity contribution in [3.63, 3.8) is 0 Å². The van der Waals surface area contributed by atoms with E-state index in [1.807, 2.05) is 0 Å². The Labute approximate surface area is 123 Å². The predicted molar refractivity (Wildman–Crippen MR) is 77.8 cm³/mol. The third-order valence-electron chi connectivity index (χ3n) is 3.78. The molecular weight excluding hydrogens is 276 g/mol. The van der Waals surface area contributed by atoms with Crippen molar-refractivity contribution in [2.45, 2.75) is 38.1 Å². The van der Waals surface area contributed by atoms with Gasteiger partial charge in [-0.2, -0.15) is 5.26 Å². The monoisotopic (exact) mass is 292 g/mol. The summed E-state index contributed by atoms with van der Waals surface area (Å²) in [4.78, 5) is 11.4. The van der Waals surface area contributed by atoms with Crippen LogP contribution in [0.4, 0.5) is 5.69 Å². The predicted octanol–water partition coefficient (Wildman–Crippen LogP) is 3.66. The number of nitriles is 1. The van der Waals surface area contributed by atoms with Gasteiger partial charge in [0.15, 0.2) is 0 Å². The molecule has 20 heavy (non-hydrogen) atoms. The second-order valence-electron chi connectivity index (χ2n) is 5.14. The summed E-state index contributed by atoms with van der Waals surface area (Å²) in [7, 11) is 0. The largest absolute Gasteiger partial charge is 0.481 e. The summed E-state index contributed by atoms with van der Waals surface area (Å²) in [6.07, 6.45) is 4.48. The highest BCUT2D eigenvalue weighted by atomic mass is 35.5. The third kappa shape index (κ3) is 3.43. The van der Waals surface area contributed by atoms with E-state index in [9.17, 15) is 9.90 Å². The first kappa shape index (κ1) is 14.7. The number of carbonyl (C=O) groups is 1. The van der Waals surface area contributed by atoms with Crippen LogP contribution in [0.5, 0.6) is 0 Å². The lowest BCUT2D eigenvalue weighted by Crippen LogP contribution is -2.33. The van der Waals surface area contributed by atoms with Gasteiger partial charge >= 0.3 is 5.97 Å². The summed E-state index contributed by atoms with van der Waals surface area (Å²) in [6.45, 7) is 0. The number of carboxylic acids is 1. The number of hydrogen-bond acceptors (Lipinski definition) is 3. The first-order chi connectivity index (χ1) is 9.61. The average molecular weight is 293 g/mol. The molecule has 0 aromatic heterocycles. The molecule has 1 saturated carbocycles. The molecule has 1 aliphatic carbocycles. The average Bonchev–Trinajstić information content (AvgIpc) is 2.64. The van der Waals surface area contributed by atoms with Gasteiger partial charge in [-0.1, -0.05) is 30.9 Å². The fourth-order valence-corrected chi connectivity index (χ4v) is 2.88. The molecule has 2 atom stereocenters. The molecule has 4 nitrogen and oxygen atoms in total. The minimum Gasteiger partial charge on any atom is -0.481 e. The topological polar surface area (TPSA) is 73.1 Å². The van der Waals surface area contributed by atoms with Gasteiger partial charge in [0, 0.05) is 11.1 Å². The molecule has 0 saturated heterocycles. The van der Waals surface area contributed by atoms with E-state index in [0.29, 0.717) is 22.7 Å². The van der Waals surface area contributed by atoms with Crippen molar-refractivity contribution in [2.24, 2.45) is 5.92 Å². The normalized spacial score (nSPS) is 22.6. The van der Waals surface area contributed by atoms with E-state index in [0.717, 1.165) is 25.7 Å². The van der Waals surface area contributed by atoms with Gasteiger partial charge in [0.2, 0.25) is 0 Å². The number of nitrogens with zero attached hydrogens (tertiary/aromatic N) is 1. The van der Waals surface area contributed by atoms with Crippen LogP contribution in [0.1, 0.15) is 37.7 Å². The van der Waals surface area contributed by atoms with Crippen LogP contribution in [0.25, 0.3) is 0 Å². The lowest BCUT2D eigenvalue weighted by molar-refractivity contribution is -0.142. The van der Waals surface area contributed by atoms with E-state index < -0.39 is 11.9 Å². The van der Waals surface area contributed by atoms with E-state index >= 15 is 0 Å². The molecule has 1 aromatic carbocycles. The van der Waals surface area contributed by atoms with E-state index in [1.54, 1.807) is 18.2 Å². The summed E-state index contributed by atoms with van der Waals surface area (Å²) < 4.78 is 0. The Balaban J connectivity index is 2.24. The van der Waals surface area contributed by atoms with Crippen molar-refractivity contribution in [2.75, 3.05) is 5.32 Å². The molecule has 1 aromatic rings. The number of halogens is 1. The number of benzene rings is 1. The second-order valence-corrected chi connectivity index (χ2v) is 5.57. The maximum absolute atomic E-state index is 11.4. The molecule has 2 rings (SSSR count). The van der Waals surface area contributed by atoms with E-state index in [1.165, 1.54) is 0 Å². The van der Waals surface area contributed by atoms with Crippen molar-refractivity contribution in [3.05, 3.63) is 28.8 Å². The molecule has 0 radical (unpaired) electrons. The van der Waals surface area contributed by atoms with Crippen LogP contribution < -0.4 is 5.32 Å². The number of carboxylic acid groups (broad SMARTS) is 1. The lowest BCUT2D eigenvalue weighted by atomic mass is 9.94. The zero-order valence-corrected chi connectivity index (χ0v) is 11.9. The Kier molecular flexibility index (Phi) is 4.86. The van der Waals surface area contributed by atoms with Crippen molar-refractivity contribution < 1.29 is 9.90 Å². The van der Waals surface area contributed by atoms with Crippen molar-refractivity contribution in [1.29, 1.82) is 5.26 Å². The van der Waals surface area contributed by atoms with Gasteiger partial charge in [0.1, 0.15) is 6.07 Å². The van der Waals surface area contributed by atoms with Gasteiger partial charge in [0.05, 0.1) is 17.2 Å².